The van der Waals surface area contributed by atoms with E-state index in [4.69, 9.17) is 14.2 Å². The molecule has 4 aromatic rings. The minimum atomic E-state index is -4.61. The molecule has 8 nitrogen and oxygen atoms in total. The van der Waals surface area contributed by atoms with Crippen molar-refractivity contribution in [2.75, 3.05) is 7.11 Å². The lowest BCUT2D eigenvalue weighted by Gasteiger charge is -2.23. The quantitative estimate of drug-likeness (QED) is 0.216. The predicted molar refractivity (Wildman–Crippen MR) is 147 cm³/mol. The van der Waals surface area contributed by atoms with Gasteiger partial charge in [0.05, 0.1) is 37.9 Å². The molecule has 1 aliphatic heterocycles. The molecule has 2 heterocycles. The van der Waals surface area contributed by atoms with E-state index < -0.39 is 35.9 Å². The topological polar surface area (TPSA) is 82.9 Å². The first kappa shape index (κ1) is 28.7. The number of cyclic esters (lactones) is 1. The van der Waals surface area contributed by atoms with Crippen molar-refractivity contribution in [3.8, 4) is 22.6 Å². The number of rotatable bonds is 8. The molecule has 11 heteroatoms. The molecular formula is C31H28F3N3O5. The summed E-state index contributed by atoms with van der Waals surface area (Å²) in [6.07, 6.45) is -2.48. The number of nitrogens with zero attached hydrogens (tertiary/aromatic N) is 3. The van der Waals surface area contributed by atoms with Crippen LogP contribution in [0.1, 0.15) is 35.3 Å². The van der Waals surface area contributed by atoms with Crippen molar-refractivity contribution in [2.24, 2.45) is 7.05 Å². The third-order valence-electron chi connectivity index (χ3n) is 7.11. The molecule has 1 fully saturated rings. The summed E-state index contributed by atoms with van der Waals surface area (Å²) < 4.78 is 59.6. The van der Waals surface area contributed by atoms with Gasteiger partial charge in [0.25, 0.3) is 0 Å². The molecule has 0 aliphatic carbocycles. The van der Waals surface area contributed by atoms with Crippen molar-refractivity contribution in [2.45, 2.75) is 38.2 Å². The Morgan fingerprint density at radius 1 is 1.05 bits per heavy atom. The Balaban J connectivity index is 1.53. The van der Waals surface area contributed by atoms with Crippen LogP contribution in [-0.2, 0) is 40.5 Å². The first-order valence-electron chi connectivity index (χ1n) is 13.1. The maximum atomic E-state index is 13.8. The van der Waals surface area contributed by atoms with Gasteiger partial charge in [0.15, 0.2) is 0 Å². The van der Waals surface area contributed by atoms with Crippen molar-refractivity contribution in [3.05, 3.63) is 101 Å². The van der Waals surface area contributed by atoms with Gasteiger partial charge < -0.3 is 14.2 Å². The first-order valence-corrected chi connectivity index (χ1v) is 13.1. The van der Waals surface area contributed by atoms with Gasteiger partial charge in [-0.25, -0.2) is 4.79 Å². The van der Waals surface area contributed by atoms with Gasteiger partial charge in [-0.15, -0.1) is 0 Å². The molecule has 0 saturated carbocycles. The van der Waals surface area contributed by atoms with Gasteiger partial charge in [-0.2, -0.15) is 18.3 Å². The molecule has 5 rings (SSSR count). The maximum Gasteiger partial charge on any atom is 0.416 e. The number of hydrogen-bond acceptors (Lipinski definition) is 6. The van der Waals surface area contributed by atoms with E-state index in [1.54, 1.807) is 49.2 Å². The maximum absolute atomic E-state index is 13.8. The molecule has 218 valence electrons. The lowest BCUT2D eigenvalue weighted by Crippen LogP contribution is -2.31. The number of aryl methyl sites for hydroxylation is 1. The van der Waals surface area contributed by atoms with E-state index in [1.165, 1.54) is 18.1 Å². The van der Waals surface area contributed by atoms with E-state index in [0.29, 0.717) is 22.4 Å². The van der Waals surface area contributed by atoms with E-state index in [0.717, 1.165) is 17.7 Å². The van der Waals surface area contributed by atoms with Gasteiger partial charge in [-0.05, 0) is 42.3 Å². The minimum absolute atomic E-state index is 0.0297. The minimum Gasteiger partial charge on any atom is -0.469 e. The lowest BCUT2D eigenvalue weighted by atomic mass is 10.0. The van der Waals surface area contributed by atoms with Crippen molar-refractivity contribution < 1.29 is 37.0 Å². The number of carbonyl (C=O) groups is 2. The summed E-state index contributed by atoms with van der Waals surface area (Å²) in [5.74, 6) is -0.0454. The van der Waals surface area contributed by atoms with E-state index in [-0.39, 0.29) is 24.3 Å². The summed E-state index contributed by atoms with van der Waals surface area (Å²) >= 11 is 0. The van der Waals surface area contributed by atoms with Crippen LogP contribution in [0.4, 0.5) is 18.0 Å². The predicted octanol–water partition coefficient (Wildman–Crippen LogP) is 6.70. The number of methoxy groups -OCH3 is 1. The van der Waals surface area contributed by atoms with Crippen molar-refractivity contribution in [1.29, 1.82) is 0 Å². The smallest absolute Gasteiger partial charge is 0.416 e. The molecule has 0 N–H and O–H groups in total. The van der Waals surface area contributed by atoms with Crippen LogP contribution < -0.4 is 4.74 Å². The molecule has 3 aromatic carbocycles. The number of hydrogen-bond donors (Lipinski definition) is 0. The molecule has 2 unspecified atom stereocenters. The molecule has 0 radical (unpaired) electrons. The SMILES string of the molecule is COC(=O)Cc1ccc(-c2cnn(C)c2)c(Oc2ccc(C(F)(F)F)cc2CN2C(=O)OC(c3ccccc3)C2C)c1. The number of halogens is 3. The zero-order valence-corrected chi connectivity index (χ0v) is 23.1. The second-order valence-corrected chi connectivity index (χ2v) is 9.99. The van der Waals surface area contributed by atoms with Gasteiger partial charge in [0.2, 0.25) is 0 Å². The fourth-order valence-electron chi connectivity index (χ4n) is 4.88. The highest BCUT2D eigenvalue weighted by Gasteiger charge is 2.40. The molecule has 1 amide bonds. The number of esters is 1. The zero-order chi connectivity index (χ0) is 30.0. The molecular weight excluding hydrogens is 551 g/mol. The van der Waals surface area contributed by atoms with Gasteiger partial charge in [0, 0.05) is 29.9 Å². The second-order valence-electron chi connectivity index (χ2n) is 9.99. The third-order valence-corrected chi connectivity index (χ3v) is 7.11. The highest BCUT2D eigenvalue weighted by molar-refractivity contribution is 5.75. The lowest BCUT2D eigenvalue weighted by molar-refractivity contribution is -0.140. The standard InChI is InChI=1S/C31H28F3N3O5/c1-19-29(21-7-5-4-6-8-21)42-30(39)37(19)18-22-15-24(31(32,33)34)10-12-26(22)41-27-13-20(14-28(38)40-3)9-11-25(27)23-16-35-36(2)17-23/h4-13,15-17,19,29H,14,18H2,1-3H3. The summed E-state index contributed by atoms with van der Waals surface area (Å²) in [5, 5.41) is 4.20. The largest absolute Gasteiger partial charge is 0.469 e. The van der Waals surface area contributed by atoms with Crippen molar-refractivity contribution >= 4 is 12.1 Å². The number of ether oxygens (including phenoxy) is 3. The van der Waals surface area contributed by atoms with Gasteiger partial charge >= 0.3 is 18.2 Å². The second kappa shape index (κ2) is 11.6. The summed E-state index contributed by atoms with van der Waals surface area (Å²) in [7, 11) is 3.04. The number of alkyl halides is 3. The van der Waals surface area contributed by atoms with Crippen molar-refractivity contribution in [3.63, 3.8) is 0 Å². The van der Waals surface area contributed by atoms with Crippen molar-refractivity contribution in [1.82, 2.24) is 14.7 Å². The highest BCUT2D eigenvalue weighted by atomic mass is 19.4. The Morgan fingerprint density at radius 2 is 1.81 bits per heavy atom. The summed E-state index contributed by atoms with van der Waals surface area (Å²) in [4.78, 5) is 26.3. The molecule has 0 bridgehead atoms. The molecule has 42 heavy (non-hydrogen) atoms. The van der Waals surface area contributed by atoms with Crippen LogP contribution in [0.15, 0.2) is 79.1 Å². The van der Waals surface area contributed by atoms with Crippen LogP contribution >= 0.6 is 0 Å². The van der Waals surface area contributed by atoms with E-state index in [9.17, 15) is 22.8 Å². The van der Waals surface area contributed by atoms with Gasteiger partial charge in [-0.1, -0.05) is 42.5 Å². The average Bonchev–Trinajstić information content (AvgIpc) is 3.52. The number of carbonyl (C=O) groups excluding carboxylic acids is 2. The summed E-state index contributed by atoms with van der Waals surface area (Å²) in [6, 6.07) is 17.0. The Labute approximate surface area is 240 Å². The Morgan fingerprint density at radius 3 is 2.48 bits per heavy atom. The number of amides is 1. The van der Waals surface area contributed by atoms with E-state index in [1.807, 2.05) is 30.3 Å². The summed E-state index contributed by atoms with van der Waals surface area (Å²) in [5.41, 5.74) is 1.94. The van der Waals surface area contributed by atoms with E-state index in [2.05, 4.69) is 5.10 Å². The summed E-state index contributed by atoms with van der Waals surface area (Å²) in [6.45, 7) is 1.60. The van der Waals surface area contributed by atoms with Gasteiger partial charge in [0.1, 0.15) is 17.6 Å². The molecule has 1 saturated heterocycles. The number of benzene rings is 3. The zero-order valence-electron chi connectivity index (χ0n) is 23.1. The van der Waals surface area contributed by atoms with Crippen LogP contribution in [0.2, 0.25) is 0 Å². The van der Waals surface area contributed by atoms with Crippen LogP contribution in [0.5, 0.6) is 11.5 Å². The van der Waals surface area contributed by atoms with Crippen LogP contribution in [-0.4, -0.2) is 39.9 Å². The Kier molecular flexibility index (Phi) is 7.93. The molecule has 1 aromatic heterocycles. The molecule has 1 aliphatic rings. The fourth-order valence-corrected chi connectivity index (χ4v) is 4.88. The normalized spacial score (nSPS) is 16.8. The number of aromatic nitrogens is 2. The fraction of sp³-hybridized carbons (Fsp3) is 0.258. The van der Waals surface area contributed by atoms with Crippen LogP contribution in [0.3, 0.4) is 0 Å². The third kappa shape index (κ3) is 6.09. The van der Waals surface area contributed by atoms with Crippen LogP contribution in [0, 0.1) is 0 Å². The highest BCUT2D eigenvalue weighted by Crippen LogP contribution is 2.40. The average molecular weight is 580 g/mol. The molecule has 0 spiro atoms. The first-order chi connectivity index (χ1) is 20.0. The van der Waals surface area contributed by atoms with E-state index >= 15 is 0 Å². The Bertz CT molecular complexity index is 1600. The molecule has 2 atom stereocenters. The van der Waals surface area contributed by atoms with Crippen LogP contribution in [0.25, 0.3) is 11.1 Å². The van der Waals surface area contributed by atoms with Gasteiger partial charge in [-0.3, -0.25) is 14.4 Å². The monoisotopic (exact) mass is 579 g/mol. The Hall–Kier alpha value is -4.80.